The maximum absolute atomic E-state index is 14.5. The zero-order valence-corrected chi connectivity index (χ0v) is 24.0. The van der Waals surface area contributed by atoms with Gasteiger partial charge in [-0.15, -0.1) is 0 Å². The molecule has 9 atom stereocenters. The molecule has 4 rings (SSSR count). The summed E-state index contributed by atoms with van der Waals surface area (Å²) in [6.07, 6.45) is 15.2. The predicted octanol–water partition coefficient (Wildman–Crippen LogP) is 8.26. The molecule has 36 heavy (non-hydrogen) atoms. The molecule has 0 aromatic carbocycles. The summed E-state index contributed by atoms with van der Waals surface area (Å²) in [7, 11) is 0. The van der Waals surface area contributed by atoms with Crippen LogP contribution < -0.4 is 0 Å². The average molecular weight is 503 g/mol. The summed E-state index contributed by atoms with van der Waals surface area (Å²) in [5.41, 5.74) is -0.499. The fourth-order valence-corrected chi connectivity index (χ4v) is 9.16. The first-order valence-electron chi connectivity index (χ1n) is 14.9. The van der Waals surface area contributed by atoms with Crippen LogP contribution in [-0.4, -0.2) is 23.5 Å². The quantitative estimate of drug-likeness (QED) is 0.191. The lowest BCUT2D eigenvalue weighted by molar-refractivity contribution is -0.167. The Hall–Kier alpha value is -1.19. The Balaban J connectivity index is 1.44. The molecule has 3 fully saturated rings. The van der Waals surface area contributed by atoms with Crippen LogP contribution in [0.15, 0.2) is 11.6 Å². The van der Waals surface area contributed by atoms with Gasteiger partial charge < -0.3 is 4.74 Å². The molecule has 4 aliphatic carbocycles. The molecule has 0 bridgehead atoms. The molecule has 0 aliphatic heterocycles. The summed E-state index contributed by atoms with van der Waals surface area (Å²) in [4.78, 5) is 23.9. The average Bonchev–Trinajstić information content (AvgIpc) is 3.16. The number of rotatable bonds is 8. The van der Waals surface area contributed by atoms with Crippen LogP contribution in [0.1, 0.15) is 119 Å². The number of Topliss-reactive ketones (excluding diaryl/α,β-unsaturated/α-hetero) is 1. The number of ketones is 1. The van der Waals surface area contributed by atoms with E-state index in [0.29, 0.717) is 17.8 Å². The number of halogens is 1. The van der Waals surface area contributed by atoms with E-state index in [2.05, 4.69) is 40.7 Å². The smallest absolute Gasteiger partial charge is 0.351 e. The monoisotopic (exact) mass is 502 g/mol. The molecular formula is C32H51FO3. The van der Waals surface area contributed by atoms with E-state index in [1.165, 1.54) is 50.5 Å². The molecule has 0 N–H and O–H groups in total. The van der Waals surface area contributed by atoms with Gasteiger partial charge in [0.1, 0.15) is 6.10 Å². The van der Waals surface area contributed by atoms with Crippen LogP contribution in [0, 0.1) is 46.3 Å². The fourth-order valence-electron chi connectivity index (χ4n) is 9.16. The fraction of sp³-hybridized carbons (Fsp3) is 0.875. The minimum absolute atomic E-state index is 0.160. The second-order valence-electron chi connectivity index (χ2n) is 14.1. The molecule has 204 valence electrons. The second-order valence-corrected chi connectivity index (χ2v) is 14.1. The second kappa shape index (κ2) is 10.2. The Morgan fingerprint density at radius 1 is 1.08 bits per heavy atom. The van der Waals surface area contributed by atoms with E-state index >= 15 is 0 Å². The molecular weight excluding hydrogens is 451 g/mol. The summed E-state index contributed by atoms with van der Waals surface area (Å²) < 4.78 is 20.1. The van der Waals surface area contributed by atoms with Gasteiger partial charge in [0, 0.05) is 6.42 Å². The van der Waals surface area contributed by atoms with Crippen molar-refractivity contribution in [1.29, 1.82) is 0 Å². The van der Waals surface area contributed by atoms with E-state index in [1.54, 1.807) is 0 Å². The Morgan fingerprint density at radius 2 is 1.81 bits per heavy atom. The number of carbonyl (C=O) groups excluding carboxylic acids is 2. The summed E-state index contributed by atoms with van der Waals surface area (Å²) in [5, 5.41) is 0. The van der Waals surface area contributed by atoms with Gasteiger partial charge in [0.05, 0.1) is 0 Å². The van der Waals surface area contributed by atoms with E-state index in [1.807, 2.05) is 0 Å². The SMILES string of the molecule is CC(=O)[C@](C)(F)C(=O)O[C@H]1CC[C@@]2(C)C(=CC[C@H]3[C@@H]4CC[C@H]([C@H](C)CCCC(C)C)[C@@]4(C)CC[C@@H]32)C1. The molecule has 0 unspecified atom stereocenters. The lowest BCUT2D eigenvalue weighted by atomic mass is 9.47. The zero-order chi connectivity index (χ0) is 26.5. The third kappa shape index (κ3) is 4.84. The van der Waals surface area contributed by atoms with Gasteiger partial charge in [0.25, 0.3) is 5.67 Å². The number of fused-ring (bicyclic) bond motifs is 5. The van der Waals surface area contributed by atoms with E-state index in [4.69, 9.17) is 4.74 Å². The first-order chi connectivity index (χ1) is 16.8. The zero-order valence-electron chi connectivity index (χ0n) is 24.0. The maximum Gasteiger partial charge on any atom is 0.351 e. The van der Waals surface area contributed by atoms with E-state index in [0.717, 1.165) is 62.7 Å². The highest BCUT2D eigenvalue weighted by Gasteiger charge is 2.59. The van der Waals surface area contributed by atoms with Crippen molar-refractivity contribution in [3.63, 3.8) is 0 Å². The van der Waals surface area contributed by atoms with Crippen LogP contribution in [0.4, 0.5) is 4.39 Å². The standard InChI is InChI=1S/C32H51FO3/c1-20(2)9-8-10-21(3)26-13-14-27-25-12-11-23-19-24(36-29(35)32(7,33)22(4)34)15-17-30(23,5)28(25)16-18-31(26,27)6/h11,20-21,24-28H,8-10,12-19H2,1-7H3/t21-,24+,25+,26-,27+,28+,30+,31-,32+/m1/s1. The number of ether oxygens (including phenoxy) is 1. The van der Waals surface area contributed by atoms with E-state index in [9.17, 15) is 14.0 Å². The summed E-state index contributed by atoms with van der Waals surface area (Å²) in [6, 6.07) is 0. The molecule has 0 saturated heterocycles. The molecule has 0 aromatic rings. The maximum atomic E-state index is 14.5. The van der Waals surface area contributed by atoms with E-state index in [-0.39, 0.29) is 11.5 Å². The van der Waals surface area contributed by atoms with Crippen LogP contribution in [0.3, 0.4) is 0 Å². The van der Waals surface area contributed by atoms with Crippen molar-refractivity contribution < 1.29 is 18.7 Å². The lowest BCUT2D eigenvalue weighted by Gasteiger charge is -2.58. The van der Waals surface area contributed by atoms with Gasteiger partial charge >= 0.3 is 5.97 Å². The Bertz CT molecular complexity index is 875. The summed E-state index contributed by atoms with van der Waals surface area (Å²) in [5.74, 6) is 2.96. The highest BCUT2D eigenvalue weighted by Crippen LogP contribution is 2.67. The van der Waals surface area contributed by atoms with Crippen molar-refractivity contribution in [2.45, 2.75) is 131 Å². The van der Waals surface area contributed by atoms with Crippen LogP contribution in [0.5, 0.6) is 0 Å². The van der Waals surface area contributed by atoms with Gasteiger partial charge in [0.15, 0.2) is 5.78 Å². The molecule has 3 saturated carbocycles. The number of allylic oxidation sites excluding steroid dienone is 1. The van der Waals surface area contributed by atoms with Gasteiger partial charge in [0.2, 0.25) is 0 Å². The normalized spacial score (nSPS) is 40.4. The van der Waals surface area contributed by atoms with Crippen LogP contribution in [-0.2, 0) is 14.3 Å². The van der Waals surface area contributed by atoms with Crippen molar-refractivity contribution >= 4 is 11.8 Å². The number of hydrogen-bond donors (Lipinski definition) is 0. The third-order valence-electron chi connectivity index (χ3n) is 11.6. The van der Waals surface area contributed by atoms with Crippen LogP contribution in [0.2, 0.25) is 0 Å². The summed E-state index contributed by atoms with van der Waals surface area (Å²) >= 11 is 0. The van der Waals surface area contributed by atoms with Gasteiger partial charge in [-0.1, -0.05) is 65.5 Å². The highest BCUT2D eigenvalue weighted by molar-refractivity contribution is 6.05. The largest absolute Gasteiger partial charge is 0.459 e. The number of esters is 1. The Kier molecular flexibility index (Phi) is 7.87. The minimum Gasteiger partial charge on any atom is -0.459 e. The highest BCUT2D eigenvalue weighted by atomic mass is 19.1. The number of hydrogen-bond acceptors (Lipinski definition) is 3. The van der Waals surface area contributed by atoms with Gasteiger partial charge in [-0.3, -0.25) is 4.79 Å². The van der Waals surface area contributed by atoms with Crippen molar-refractivity contribution in [2.75, 3.05) is 0 Å². The van der Waals surface area contributed by atoms with E-state index < -0.39 is 17.4 Å². The number of carbonyl (C=O) groups is 2. The van der Waals surface area contributed by atoms with Gasteiger partial charge in [-0.05, 0) is 105 Å². The van der Waals surface area contributed by atoms with Crippen LogP contribution in [0.25, 0.3) is 0 Å². The lowest BCUT2D eigenvalue weighted by Crippen LogP contribution is -2.51. The minimum atomic E-state index is -2.55. The Labute approximate surface area is 219 Å². The third-order valence-corrected chi connectivity index (χ3v) is 11.6. The molecule has 3 nitrogen and oxygen atoms in total. The molecule has 0 spiro atoms. The van der Waals surface area contributed by atoms with Crippen molar-refractivity contribution in [3.8, 4) is 0 Å². The van der Waals surface area contributed by atoms with Crippen LogP contribution >= 0.6 is 0 Å². The molecule has 0 aromatic heterocycles. The first kappa shape index (κ1) is 27.8. The topological polar surface area (TPSA) is 43.4 Å². The molecule has 4 heteroatoms. The van der Waals surface area contributed by atoms with Gasteiger partial charge in [-0.25, -0.2) is 9.18 Å². The number of alkyl halides is 1. The molecule has 4 aliphatic rings. The summed E-state index contributed by atoms with van der Waals surface area (Å²) in [6.45, 7) is 14.4. The van der Waals surface area contributed by atoms with Crippen molar-refractivity contribution in [1.82, 2.24) is 0 Å². The Morgan fingerprint density at radius 3 is 2.47 bits per heavy atom. The molecule has 0 heterocycles. The van der Waals surface area contributed by atoms with Crippen molar-refractivity contribution in [3.05, 3.63) is 11.6 Å². The van der Waals surface area contributed by atoms with Gasteiger partial charge in [-0.2, -0.15) is 0 Å². The van der Waals surface area contributed by atoms with Crippen molar-refractivity contribution in [2.24, 2.45) is 46.3 Å². The predicted molar refractivity (Wildman–Crippen MR) is 143 cm³/mol. The molecule has 0 amide bonds. The first-order valence-corrected chi connectivity index (χ1v) is 14.9. The molecule has 0 radical (unpaired) electrons.